The molecule has 0 atom stereocenters. The fourth-order valence-electron chi connectivity index (χ4n) is 3.13. The molecule has 1 N–H and O–H groups in total. The molecule has 0 saturated carbocycles. The SMILES string of the molecule is CCNC(=NCc1ccc(Cn2ccnc2)cc1)N1CCSC(C)(C)C1.I. The number of benzene rings is 1. The second kappa shape index (κ2) is 10.4. The first-order valence-electron chi connectivity index (χ1n) is 9.26. The zero-order valence-electron chi connectivity index (χ0n) is 16.4. The van der Waals surface area contributed by atoms with Crippen molar-refractivity contribution in [3.05, 3.63) is 54.1 Å². The molecule has 0 radical (unpaired) electrons. The molecule has 1 aromatic carbocycles. The van der Waals surface area contributed by atoms with Crippen molar-refractivity contribution in [2.24, 2.45) is 4.99 Å². The molecule has 5 nitrogen and oxygen atoms in total. The Morgan fingerprint density at radius 3 is 2.63 bits per heavy atom. The van der Waals surface area contributed by atoms with Gasteiger partial charge in [0.25, 0.3) is 0 Å². The van der Waals surface area contributed by atoms with Gasteiger partial charge in [-0.1, -0.05) is 24.3 Å². The van der Waals surface area contributed by atoms with Gasteiger partial charge in [0.2, 0.25) is 0 Å². The average Bonchev–Trinajstić information content (AvgIpc) is 3.12. The van der Waals surface area contributed by atoms with Gasteiger partial charge in [-0.3, -0.25) is 0 Å². The third-order valence-corrected chi connectivity index (χ3v) is 5.72. The van der Waals surface area contributed by atoms with Crippen molar-refractivity contribution in [2.45, 2.75) is 38.6 Å². The molecule has 0 spiro atoms. The zero-order valence-corrected chi connectivity index (χ0v) is 19.5. The topological polar surface area (TPSA) is 45.5 Å². The Kier molecular flexibility index (Phi) is 8.47. The van der Waals surface area contributed by atoms with Crippen LogP contribution in [0.15, 0.2) is 48.0 Å². The fraction of sp³-hybridized carbons (Fsp3) is 0.500. The van der Waals surface area contributed by atoms with Crippen LogP contribution >= 0.6 is 35.7 Å². The van der Waals surface area contributed by atoms with Crippen molar-refractivity contribution in [2.75, 3.05) is 25.4 Å². The first kappa shape index (κ1) is 22.1. The van der Waals surface area contributed by atoms with E-state index in [-0.39, 0.29) is 28.7 Å². The predicted molar refractivity (Wildman–Crippen MR) is 126 cm³/mol. The summed E-state index contributed by atoms with van der Waals surface area (Å²) in [6.07, 6.45) is 5.64. The molecular weight excluding hydrogens is 469 g/mol. The highest BCUT2D eigenvalue weighted by Crippen LogP contribution is 2.29. The van der Waals surface area contributed by atoms with E-state index in [1.807, 2.05) is 30.5 Å². The summed E-state index contributed by atoms with van der Waals surface area (Å²) in [5.41, 5.74) is 2.51. The highest BCUT2D eigenvalue weighted by molar-refractivity contribution is 14.0. The van der Waals surface area contributed by atoms with Crippen LogP contribution in [0.4, 0.5) is 0 Å². The summed E-state index contributed by atoms with van der Waals surface area (Å²) in [5, 5.41) is 3.46. The Labute approximate surface area is 184 Å². The highest BCUT2D eigenvalue weighted by atomic mass is 127. The lowest BCUT2D eigenvalue weighted by molar-refractivity contribution is 0.376. The molecule has 0 aliphatic carbocycles. The van der Waals surface area contributed by atoms with Crippen molar-refractivity contribution < 1.29 is 0 Å². The molecule has 7 heteroatoms. The van der Waals surface area contributed by atoms with Crippen LogP contribution in [-0.4, -0.2) is 50.5 Å². The molecule has 2 aromatic rings. The molecular formula is C20H30IN5S. The summed E-state index contributed by atoms with van der Waals surface area (Å²) >= 11 is 2.05. The largest absolute Gasteiger partial charge is 0.357 e. The van der Waals surface area contributed by atoms with Crippen LogP contribution < -0.4 is 5.32 Å². The van der Waals surface area contributed by atoms with E-state index in [0.717, 1.165) is 37.9 Å². The smallest absolute Gasteiger partial charge is 0.194 e. The summed E-state index contributed by atoms with van der Waals surface area (Å²) in [7, 11) is 0. The summed E-state index contributed by atoms with van der Waals surface area (Å²) in [6, 6.07) is 8.71. The zero-order chi connectivity index (χ0) is 18.4. The second-order valence-corrected chi connectivity index (χ2v) is 9.05. The average molecular weight is 499 g/mol. The maximum atomic E-state index is 4.89. The Bertz CT molecular complexity index is 712. The summed E-state index contributed by atoms with van der Waals surface area (Å²) in [5.74, 6) is 2.18. The summed E-state index contributed by atoms with van der Waals surface area (Å²) < 4.78 is 2.36. The quantitative estimate of drug-likeness (QED) is 0.386. The first-order chi connectivity index (χ1) is 12.6. The van der Waals surface area contributed by atoms with Gasteiger partial charge in [0.15, 0.2) is 5.96 Å². The highest BCUT2D eigenvalue weighted by Gasteiger charge is 2.28. The van der Waals surface area contributed by atoms with Crippen molar-refractivity contribution in [1.82, 2.24) is 19.8 Å². The molecule has 0 amide bonds. The lowest BCUT2D eigenvalue weighted by Crippen LogP contribution is -2.50. The number of thioether (sulfide) groups is 1. The number of aliphatic imine (C=N–C) groups is 1. The third-order valence-electron chi connectivity index (χ3n) is 4.42. The van der Waals surface area contributed by atoms with Gasteiger partial charge in [0.1, 0.15) is 0 Å². The number of nitrogens with one attached hydrogen (secondary N) is 1. The number of halogens is 1. The number of hydrogen-bond acceptors (Lipinski definition) is 3. The van der Waals surface area contributed by atoms with Crippen molar-refractivity contribution in [3.63, 3.8) is 0 Å². The maximum absolute atomic E-state index is 4.89. The Balaban J connectivity index is 0.00000261. The summed E-state index contributed by atoms with van der Waals surface area (Å²) in [4.78, 5) is 11.4. The van der Waals surface area contributed by atoms with Gasteiger partial charge in [-0.15, -0.1) is 24.0 Å². The van der Waals surface area contributed by atoms with Gasteiger partial charge in [-0.05, 0) is 31.9 Å². The number of rotatable bonds is 5. The van der Waals surface area contributed by atoms with Gasteiger partial charge < -0.3 is 14.8 Å². The van der Waals surface area contributed by atoms with E-state index >= 15 is 0 Å². The van der Waals surface area contributed by atoms with Crippen LogP contribution in [0.3, 0.4) is 0 Å². The molecule has 27 heavy (non-hydrogen) atoms. The second-order valence-electron chi connectivity index (χ2n) is 7.25. The molecule has 1 aliphatic heterocycles. The van der Waals surface area contributed by atoms with Crippen LogP contribution in [0, 0.1) is 0 Å². The lowest BCUT2D eigenvalue weighted by Gasteiger charge is -2.39. The molecule has 148 valence electrons. The first-order valence-corrected chi connectivity index (χ1v) is 10.2. The van der Waals surface area contributed by atoms with E-state index in [1.54, 1.807) is 0 Å². The molecule has 0 bridgehead atoms. The minimum absolute atomic E-state index is 0. The van der Waals surface area contributed by atoms with Crippen molar-refractivity contribution in [1.29, 1.82) is 0 Å². The minimum Gasteiger partial charge on any atom is -0.357 e. The number of aromatic nitrogens is 2. The van der Waals surface area contributed by atoms with E-state index in [9.17, 15) is 0 Å². The molecule has 3 rings (SSSR count). The van der Waals surface area contributed by atoms with Crippen LogP contribution in [0.5, 0.6) is 0 Å². The van der Waals surface area contributed by atoms with Gasteiger partial charge in [0.05, 0.1) is 12.9 Å². The molecule has 1 saturated heterocycles. The van der Waals surface area contributed by atoms with E-state index in [2.05, 4.69) is 64.8 Å². The van der Waals surface area contributed by atoms with Gasteiger partial charge in [-0.25, -0.2) is 9.98 Å². The summed E-state index contributed by atoms with van der Waals surface area (Å²) in [6.45, 7) is 11.3. The van der Waals surface area contributed by atoms with Crippen LogP contribution in [0.25, 0.3) is 0 Å². The standard InChI is InChI=1S/C20H29N5S.HI/c1-4-22-19(25-11-12-26-20(2,3)15-25)23-13-17-5-7-18(8-6-17)14-24-10-9-21-16-24;/h5-10,16H,4,11-15H2,1-3H3,(H,22,23);1H. The number of guanidine groups is 1. The lowest BCUT2D eigenvalue weighted by atomic mass is 10.1. The van der Waals surface area contributed by atoms with Crippen LogP contribution in [0.1, 0.15) is 31.9 Å². The van der Waals surface area contributed by atoms with Gasteiger partial charge in [0, 0.05) is 49.1 Å². The van der Waals surface area contributed by atoms with E-state index in [0.29, 0.717) is 6.54 Å². The van der Waals surface area contributed by atoms with Crippen molar-refractivity contribution >= 4 is 41.7 Å². The van der Waals surface area contributed by atoms with Crippen LogP contribution in [0.2, 0.25) is 0 Å². The van der Waals surface area contributed by atoms with Crippen molar-refractivity contribution in [3.8, 4) is 0 Å². The predicted octanol–water partition coefficient (Wildman–Crippen LogP) is 3.84. The van der Waals surface area contributed by atoms with Gasteiger partial charge in [-0.2, -0.15) is 11.8 Å². The maximum Gasteiger partial charge on any atom is 0.194 e. The normalized spacial score (nSPS) is 16.7. The molecule has 2 heterocycles. The number of imidazole rings is 1. The Morgan fingerprint density at radius 1 is 1.26 bits per heavy atom. The number of nitrogens with zero attached hydrogens (tertiary/aromatic N) is 4. The number of hydrogen-bond donors (Lipinski definition) is 1. The Morgan fingerprint density at radius 2 is 2.00 bits per heavy atom. The third kappa shape index (κ3) is 6.71. The monoisotopic (exact) mass is 499 g/mol. The van der Waals surface area contributed by atoms with Gasteiger partial charge >= 0.3 is 0 Å². The molecule has 1 aromatic heterocycles. The fourth-order valence-corrected chi connectivity index (χ4v) is 4.24. The molecule has 1 fully saturated rings. The van der Waals surface area contributed by atoms with E-state index in [1.165, 1.54) is 11.1 Å². The molecule has 0 unspecified atom stereocenters. The van der Waals surface area contributed by atoms with E-state index in [4.69, 9.17) is 4.99 Å². The Hall–Kier alpha value is -1.22. The van der Waals surface area contributed by atoms with E-state index < -0.39 is 0 Å². The molecule has 1 aliphatic rings. The van der Waals surface area contributed by atoms with Crippen LogP contribution in [-0.2, 0) is 13.1 Å². The minimum atomic E-state index is 0.